The maximum absolute atomic E-state index is 12.5. The molecule has 3 N–H and O–H groups in total. The van der Waals surface area contributed by atoms with Gasteiger partial charge in [-0.3, -0.25) is 9.59 Å². The van der Waals surface area contributed by atoms with Gasteiger partial charge in [0.05, 0.1) is 10.0 Å². The van der Waals surface area contributed by atoms with Crippen LogP contribution in [0, 0.1) is 0 Å². The van der Waals surface area contributed by atoms with Crippen molar-refractivity contribution in [1.29, 1.82) is 0 Å². The van der Waals surface area contributed by atoms with Crippen molar-refractivity contribution in [3.8, 4) is 5.75 Å². The Kier molecular flexibility index (Phi) is 6.19. The number of ether oxygens (including phenoxy) is 1. The van der Waals surface area contributed by atoms with Crippen molar-refractivity contribution in [2.24, 2.45) is 5.73 Å². The summed E-state index contributed by atoms with van der Waals surface area (Å²) in [6.07, 6.45) is 0. The van der Waals surface area contributed by atoms with Crippen LogP contribution in [0.2, 0.25) is 10.0 Å². The lowest BCUT2D eigenvalue weighted by Crippen LogP contribution is -2.13. The number of nitrogens with two attached hydrogens (primary N) is 1. The highest BCUT2D eigenvalue weighted by atomic mass is 35.5. The number of carbonyl (C=O) groups excluding carboxylic acids is 2. The smallest absolute Gasteiger partial charge is 0.255 e. The van der Waals surface area contributed by atoms with Gasteiger partial charge in [0.1, 0.15) is 12.4 Å². The molecule has 0 spiro atoms. The van der Waals surface area contributed by atoms with Crippen molar-refractivity contribution in [2.75, 3.05) is 5.32 Å². The van der Waals surface area contributed by atoms with E-state index in [0.717, 1.165) is 5.56 Å². The Morgan fingerprint density at radius 3 is 2.32 bits per heavy atom. The van der Waals surface area contributed by atoms with Gasteiger partial charge in [-0.2, -0.15) is 0 Å². The number of amides is 2. The third-order valence-electron chi connectivity index (χ3n) is 3.91. The van der Waals surface area contributed by atoms with Crippen molar-refractivity contribution in [3.63, 3.8) is 0 Å². The molecular formula is C21H16Cl2N2O3. The highest BCUT2D eigenvalue weighted by Gasteiger charge is 2.09. The Morgan fingerprint density at radius 1 is 0.893 bits per heavy atom. The van der Waals surface area contributed by atoms with E-state index in [-0.39, 0.29) is 12.5 Å². The van der Waals surface area contributed by atoms with Gasteiger partial charge in [-0.1, -0.05) is 35.3 Å². The van der Waals surface area contributed by atoms with Gasteiger partial charge in [-0.05, 0) is 60.2 Å². The number of hydrogen-bond acceptors (Lipinski definition) is 3. The maximum Gasteiger partial charge on any atom is 0.255 e. The van der Waals surface area contributed by atoms with E-state index in [1.54, 1.807) is 60.7 Å². The molecule has 0 saturated heterocycles. The molecule has 0 aliphatic carbocycles. The zero-order valence-electron chi connectivity index (χ0n) is 14.6. The van der Waals surface area contributed by atoms with E-state index in [1.807, 2.05) is 6.07 Å². The van der Waals surface area contributed by atoms with Gasteiger partial charge in [0.15, 0.2) is 0 Å². The molecule has 0 fully saturated rings. The minimum absolute atomic E-state index is 0.288. The SMILES string of the molecule is NC(=O)c1ccc(NC(=O)c2cccc(OCc3ccc(Cl)c(Cl)c3)c2)cc1. The van der Waals surface area contributed by atoms with E-state index in [2.05, 4.69) is 5.32 Å². The van der Waals surface area contributed by atoms with Crippen molar-refractivity contribution in [2.45, 2.75) is 6.61 Å². The standard InChI is InChI=1S/C21H16Cl2N2O3/c22-18-9-4-13(10-19(18)23)12-28-17-3-1-2-15(11-17)21(27)25-16-7-5-14(6-8-16)20(24)26/h1-11H,12H2,(H2,24,26)(H,25,27). The number of hydrogen-bond donors (Lipinski definition) is 2. The van der Waals surface area contributed by atoms with E-state index in [1.165, 1.54) is 0 Å². The molecule has 28 heavy (non-hydrogen) atoms. The molecule has 0 atom stereocenters. The minimum atomic E-state index is -0.523. The van der Waals surface area contributed by atoms with Gasteiger partial charge >= 0.3 is 0 Å². The van der Waals surface area contributed by atoms with Crippen LogP contribution < -0.4 is 15.8 Å². The van der Waals surface area contributed by atoms with Crippen LogP contribution in [-0.4, -0.2) is 11.8 Å². The second-order valence-corrected chi connectivity index (χ2v) is 6.78. The molecule has 0 radical (unpaired) electrons. The number of nitrogens with one attached hydrogen (secondary N) is 1. The summed E-state index contributed by atoms with van der Waals surface area (Å²) in [5.41, 5.74) is 7.42. The third-order valence-corrected chi connectivity index (χ3v) is 4.65. The predicted molar refractivity (Wildman–Crippen MR) is 110 cm³/mol. The van der Waals surface area contributed by atoms with Gasteiger partial charge in [-0.15, -0.1) is 0 Å². The molecule has 0 aliphatic rings. The first kappa shape index (κ1) is 19.7. The van der Waals surface area contributed by atoms with E-state index >= 15 is 0 Å². The quantitative estimate of drug-likeness (QED) is 0.600. The number of carbonyl (C=O) groups is 2. The molecule has 0 bridgehead atoms. The molecule has 2 amide bonds. The summed E-state index contributed by atoms with van der Waals surface area (Å²) in [5.74, 6) is -0.278. The monoisotopic (exact) mass is 414 g/mol. The molecule has 3 aromatic carbocycles. The summed E-state index contributed by atoms with van der Waals surface area (Å²) < 4.78 is 5.74. The highest BCUT2D eigenvalue weighted by molar-refractivity contribution is 6.42. The van der Waals surface area contributed by atoms with E-state index < -0.39 is 5.91 Å². The fourth-order valence-electron chi connectivity index (χ4n) is 2.44. The zero-order valence-corrected chi connectivity index (χ0v) is 16.1. The first-order valence-electron chi connectivity index (χ1n) is 8.30. The fraction of sp³-hybridized carbons (Fsp3) is 0.0476. The van der Waals surface area contributed by atoms with Gasteiger partial charge in [0.25, 0.3) is 5.91 Å². The van der Waals surface area contributed by atoms with Gasteiger partial charge in [0.2, 0.25) is 5.91 Å². The van der Waals surface area contributed by atoms with Crippen LogP contribution in [0.4, 0.5) is 5.69 Å². The summed E-state index contributed by atoms with van der Waals surface area (Å²) in [5, 5.41) is 3.70. The fourth-order valence-corrected chi connectivity index (χ4v) is 2.76. The lowest BCUT2D eigenvalue weighted by atomic mass is 10.1. The molecule has 5 nitrogen and oxygen atoms in total. The van der Waals surface area contributed by atoms with Crippen LogP contribution in [0.5, 0.6) is 5.75 Å². The summed E-state index contributed by atoms with van der Waals surface area (Å²) in [4.78, 5) is 23.6. The first-order chi connectivity index (χ1) is 13.4. The lowest BCUT2D eigenvalue weighted by Gasteiger charge is -2.10. The van der Waals surface area contributed by atoms with Gasteiger partial charge in [-0.25, -0.2) is 0 Å². The molecule has 0 aromatic heterocycles. The van der Waals surface area contributed by atoms with Crippen LogP contribution in [0.1, 0.15) is 26.3 Å². The van der Waals surface area contributed by atoms with Gasteiger partial charge < -0.3 is 15.8 Å². The number of primary amides is 1. The highest BCUT2D eigenvalue weighted by Crippen LogP contribution is 2.24. The Balaban J connectivity index is 1.65. The molecule has 7 heteroatoms. The molecule has 0 heterocycles. The van der Waals surface area contributed by atoms with E-state index in [4.69, 9.17) is 33.7 Å². The van der Waals surface area contributed by atoms with E-state index in [9.17, 15) is 9.59 Å². The van der Waals surface area contributed by atoms with Crippen LogP contribution in [-0.2, 0) is 6.61 Å². The molecule has 0 aliphatic heterocycles. The molecule has 142 valence electrons. The van der Waals surface area contributed by atoms with Gasteiger partial charge in [0, 0.05) is 16.8 Å². The van der Waals surface area contributed by atoms with Crippen LogP contribution in [0.3, 0.4) is 0 Å². The number of halogens is 2. The summed E-state index contributed by atoms with van der Waals surface area (Å²) in [6.45, 7) is 0.288. The van der Waals surface area contributed by atoms with E-state index in [0.29, 0.717) is 32.6 Å². The summed E-state index contributed by atoms with van der Waals surface area (Å²) >= 11 is 11.9. The molecular weight excluding hydrogens is 399 g/mol. The normalized spacial score (nSPS) is 10.4. The topological polar surface area (TPSA) is 81.4 Å². The maximum atomic E-state index is 12.5. The third kappa shape index (κ3) is 5.03. The average molecular weight is 415 g/mol. The Bertz CT molecular complexity index is 1020. The van der Waals surface area contributed by atoms with Crippen molar-refractivity contribution in [3.05, 3.63) is 93.5 Å². The zero-order chi connectivity index (χ0) is 20.1. The second-order valence-electron chi connectivity index (χ2n) is 5.96. The average Bonchev–Trinajstić information content (AvgIpc) is 2.69. The summed E-state index contributed by atoms with van der Waals surface area (Å²) in [6, 6.07) is 18.4. The second kappa shape index (κ2) is 8.78. The summed E-state index contributed by atoms with van der Waals surface area (Å²) in [7, 11) is 0. The largest absolute Gasteiger partial charge is 0.489 e. The minimum Gasteiger partial charge on any atom is -0.489 e. The Labute approximate surface area is 172 Å². The molecule has 0 unspecified atom stereocenters. The number of benzene rings is 3. The van der Waals surface area contributed by atoms with Crippen molar-refractivity contribution < 1.29 is 14.3 Å². The molecule has 3 rings (SSSR count). The Morgan fingerprint density at radius 2 is 1.64 bits per heavy atom. The van der Waals surface area contributed by atoms with Crippen LogP contribution >= 0.6 is 23.2 Å². The predicted octanol–water partition coefficient (Wildman–Crippen LogP) is 4.92. The molecule has 0 saturated carbocycles. The lowest BCUT2D eigenvalue weighted by molar-refractivity contribution is 0.0998. The van der Waals surface area contributed by atoms with Crippen molar-refractivity contribution >= 4 is 40.7 Å². The van der Waals surface area contributed by atoms with Crippen LogP contribution in [0.15, 0.2) is 66.7 Å². The first-order valence-corrected chi connectivity index (χ1v) is 9.06. The van der Waals surface area contributed by atoms with Crippen LogP contribution in [0.25, 0.3) is 0 Å². The Hall–Kier alpha value is -3.02. The molecule has 3 aromatic rings. The van der Waals surface area contributed by atoms with Crippen molar-refractivity contribution in [1.82, 2.24) is 0 Å². The number of anilines is 1. The number of rotatable bonds is 6.